The van der Waals surface area contributed by atoms with Crippen LogP contribution in [0.3, 0.4) is 0 Å². The molecule has 1 fully saturated rings. The highest BCUT2D eigenvalue weighted by Gasteiger charge is 2.41. The summed E-state index contributed by atoms with van der Waals surface area (Å²) in [4.78, 5) is 11.3. The van der Waals surface area contributed by atoms with Crippen molar-refractivity contribution in [2.24, 2.45) is 0 Å². The number of halogens is 2. The summed E-state index contributed by atoms with van der Waals surface area (Å²) in [6.45, 7) is 8.23. The van der Waals surface area contributed by atoms with Crippen LogP contribution in [0.25, 0.3) is 10.8 Å². The first-order valence-corrected chi connectivity index (χ1v) is 15.7. The molecule has 1 aliphatic rings. The fourth-order valence-corrected chi connectivity index (χ4v) is 7.12. The van der Waals surface area contributed by atoms with E-state index >= 15 is 0 Å². The number of carboxylic acids is 1. The molecule has 0 spiro atoms. The van der Waals surface area contributed by atoms with Gasteiger partial charge in [-0.25, -0.2) is 13.2 Å². The smallest absolute Gasteiger partial charge is 0.335 e. The van der Waals surface area contributed by atoms with Gasteiger partial charge in [-0.2, -0.15) is 4.31 Å². The molecule has 6 nitrogen and oxygen atoms in total. The van der Waals surface area contributed by atoms with E-state index in [1.807, 2.05) is 76.2 Å². The maximum atomic E-state index is 13.9. The van der Waals surface area contributed by atoms with Crippen LogP contribution in [0.4, 0.5) is 0 Å². The monoisotopic (exact) mass is 615 g/mol. The number of sulfonamides is 1. The van der Waals surface area contributed by atoms with E-state index in [9.17, 15) is 18.3 Å². The molecule has 218 valence electrons. The highest BCUT2D eigenvalue weighted by molar-refractivity contribution is 7.89. The molecule has 5 rings (SSSR count). The lowest BCUT2D eigenvalue weighted by Gasteiger charge is -2.25. The Morgan fingerprint density at radius 2 is 1.41 bits per heavy atom. The summed E-state index contributed by atoms with van der Waals surface area (Å²) in [5.41, 5.74) is 1.75. The summed E-state index contributed by atoms with van der Waals surface area (Å²) >= 11 is 12.5. The van der Waals surface area contributed by atoms with E-state index in [2.05, 4.69) is 0 Å². The van der Waals surface area contributed by atoms with Crippen LogP contribution in [-0.2, 0) is 10.0 Å². The number of carboxylic acid groups (broad SMARTS) is 1. The number of hydrogen-bond acceptors (Lipinski definition) is 4. The van der Waals surface area contributed by atoms with E-state index in [-0.39, 0.29) is 22.9 Å². The number of aromatic carboxylic acids is 1. The zero-order valence-electron chi connectivity index (χ0n) is 23.8. The Bertz CT molecular complexity index is 1590. The Morgan fingerprint density at radius 1 is 0.829 bits per heavy atom. The van der Waals surface area contributed by atoms with Gasteiger partial charge in [0.2, 0.25) is 10.0 Å². The van der Waals surface area contributed by atoms with E-state index in [0.717, 1.165) is 27.6 Å². The minimum Gasteiger partial charge on any atom is -0.497 e. The molecule has 1 N–H and O–H groups in total. The highest BCUT2D eigenvalue weighted by Crippen LogP contribution is 2.45. The van der Waals surface area contributed by atoms with Crippen LogP contribution < -0.4 is 4.74 Å². The fraction of sp³-hybridized carbons (Fsp3) is 0.281. The molecule has 1 heterocycles. The topological polar surface area (TPSA) is 83.9 Å². The number of nitrogens with zero attached hydrogens (tertiary/aromatic N) is 1. The molecule has 1 aliphatic heterocycles. The molecule has 0 radical (unpaired) electrons. The van der Waals surface area contributed by atoms with Gasteiger partial charge in [0.15, 0.2) is 0 Å². The molecule has 0 saturated carbocycles. The molecule has 9 heteroatoms. The van der Waals surface area contributed by atoms with Gasteiger partial charge in [0.1, 0.15) is 5.75 Å². The predicted octanol–water partition coefficient (Wildman–Crippen LogP) is 8.83. The molecular formula is C32H35Cl2NO5S. The van der Waals surface area contributed by atoms with Gasteiger partial charge in [0.05, 0.1) is 23.6 Å². The van der Waals surface area contributed by atoms with Crippen LogP contribution in [0, 0.1) is 0 Å². The number of carbonyl (C=O) groups is 1. The third-order valence-electron chi connectivity index (χ3n) is 6.78. The van der Waals surface area contributed by atoms with Crippen molar-refractivity contribution < 1.29 is 23.1 Å². The zero-order valence-corrected chi connectivity index (χ0v) is 26.1. The van der Waals surface area contributed by atoms with Crippen molar-refractivity contribution in [3.8, 4) is 5.75 Å². The van der Waals surface area contributed by atoms with Gasteiger partial charge in [0.25, 0.3) is 0 Å². The van der Waals surface area contributed by atoms with Crippen LogP contribution in [0.1, 0.15) is 67.6 Å². The van der Waals surface area contributed by atoms with Gasteiger partial charge in [-0.05, 0) is 94.9 Å². The number of methoxy groups -OCH3 is 1. The minimum atomic E-state index is -3.95. The second kappa shape index (κ2) is 14.2. The maximum absolute atomic E-state index is 13.9. The number of benzene rings is 4. The van der Waals surface area contributed by atoms with Crippen molar-refractivity contribution in [1.82, 2.24) is 4.31 Å². The summed E-state index contributed by atoms with van der Waals surface area (Å²) in [5.74, 6) is -0.512. The van der Waals surface area contributed by atoms with Gasteiger partial charge >= 0.3 is 5.97 Å². The minimum absolute atomic E-state index is 0.0216. The number of fused-ring (bicyclic) bond motifs is 1. The van der Waals surface area contributed by atoms with Crippen molar-refractivity contribution in [1.29, 1.82) is 0 Å². The van der Waals surface area contributed by atoms with Gasteiger partial charge in [-0.15, -0.1) is 0 Å². The summed E-state index contributed by atoms with van der Waals surface area (Å²) in [7, 11) is -2.34. The number of ether oxygens (including phenoxy) is 1. The lowest BCUT2D eigenvalue weighted by Crippen LogP contribution is -2.31. The van der Waals surface area contributed by atoms with Crippen molar-refractivity contribution in [3.63, 3.8) is 0 Å². The Balaban J connectivity index is 0.00000111. The Hall–Kier alpha value is -3.10. The highest BCUT2D eigenvalue weighted by atomic mass is 35.5. The van der Waals surface area contributed by atoms with Crippen molar-refractivity contribution in [2.75, 3.05) is 13.7 Å². The average molecular weight is 617 g/mol. The third kappa shape index (κ3) is 7.22. The first-order chi connectivity index (χ1) is 19.7. The molecule has 2 atom stereocenters. The molecule has 4 aromatic carbocycles. The molecule has 0 bridgehead atoms. The predicted molar refractivity (Wildman–Crippen MR) is 167 cm³/mol. The fourth-order valence-electron chi connectivity index (χ4n) is 4.91. The van der Waals surface area contributed by atoms with E-state index < -0.39 is 22.0 Å². The van der Waals surface area contributed by atoms with Crippen LogP contribution >= 0.6 is 23.2 Å². The largest absolute Gasteiger partial charge is 0.497 e. The number of hydrogen-bond donors (Lipinski definition) is 1. The summed E-state index contributed by atoms with van der Waals surface area (Å²) in [6, 6.07) is 21.8. The van der Waals surface area contributed by atoms with E-state index in [4.69, 9.17) is 27.9 Å². The molecule has 2 unspecified atom stereocenters. The van der Waals surface area contributed by atoms with Gasteiger partial charge < -0.3 is 9.84 Å². The summed E-state index contributed by atoms with van der Waals surface area (Å²) in [5, 5.41) is 12.1. The Morgan fingerprint density at radius 3 is 2.00 bits per heavy atom. The lowest BCUT2D eigenvalue weighted by atomic mass is 9.93. The molecular weight excluding hydrogens is 581 g/mol. The molecule has 0 amide bonds. The zero-order chi connectivity index (χ0) is 30.3. The van der Waals surface area contributed by atoms with Gasteiger partial charge in [0, 0.05) is 16.6 Å². The van der Waals surface area contributed by atoms with Crippen molar-refractivity contribution >= 4 is 50.0 Å². The van der Waals surface area contributed by atoms with E-state index in [0.29, 0.717) is 16.5 Å². The summed E-state index contributed by atoms with van der Waals surface area (Å²) in [6.07, 6.45) is 0.533. The lowest BCUT2D eigenvalue weighted by molar-refractivity contribution is 0.0696. The summed E-state index contributed by atoms with van der Waals surface area (Å²) < 4.78 is 34.5. The van der Waals surface area contributed by atoms with E-state index in [1.54, 1.807) is 13.2 Å². The van der Waals surface area contributed by atoms with Crippen LogP contribution in [0.15, 0.2) is 83.8 Å². The number of rotatable bonds is 6. The van der Waals surface area contributed by atoms with Crippen LogP contribution in [0.2, 0.25) is 10.0 Å². The van der Waals surface area contributed by atoms with Gasteiger partial charge in [-0.1, -0.05) is 69.1 Å². The van der Waals surface area contributed by atoms with Crippen LogP contribution in [0.5, 0.6) is 5.75 Å². The SMILES string of the molecule is CC.CC.COc1ccc2cc(C3CC(c4cc(Cl)cc(Cl)c4)CN3S(=O)(=O)c3ccc(C(=O)O)cc3)ccc2c1. The standard InChI is InChI=1S/C28H23Cl2NO5S.2C2H6/c1-36-25-7-4-18-10-20(3-2-19(18)13-25)27-14-22(21-11-23(29)15-24(30)12-21)16-31(27)37(34,35)26-8-5-17(6-9-26)28(32)33;2*1-2/h2-13,15,22,27H,14,16H2,1H3,(H,32,33);2*1-2H3. The molecule has 0 aliphatic carbocycles. The molecule has 1 saturated heterocycles. The quantitative estimate of drug-likeness (QED) is 0.234. The molecule has 41 heavy (non-hydrogen) atoms. The van der Waals surface area contributed by atoms with Crippen LogP contribution in [-0.4, -0.2) is 37.5 Å². The second-order valence-corrected chi connectivity index (χ2v) is 11.8. The van der Waals surface area contributed by atoms with Crippen molar-refractivity contribution in [3.05, 3.63) is 106 Å². The maximum Gasteiger partial charge on any atom is 0.335 e. The van der Waals surface area contributed by atoms with Crippen molar-refractivity contribution in [2.45, 2.75) is 51.0 Å². The molecule has 4 aromatic rings. The third-order valence-corrected chi connectivity index (χ3v) is 9.10. The molecule has 0 aromatic heterocycles. The first kappa shape index (κ1) is 32.4. The van der Waals surface area contributed by atoms with Gasteiger partial charge in [-0.3, -0.25) is 0 Å². The normalized spacial score (nSPS) is 16.8. The second-order valence-electron chi connectivity index (χ2n) is 9.03. The first-order valence-electron chi connectivity index (χ1n) is 13.5. The van der Waals surface area contributed by atoms with E-state index in [1.165, 1.54) is 28.6 Å². The Kier molecular flexibility index (Phi) is 11.2. The Labute approximate surface area is 252 Å². The average Bonchev–Trinajstić information content (AvgIpc) is 3.45.